The molecular weight excluding hydrogens is 444 g/mol. The molecule has 1 fully saturated rings. The van der Waals surface area contributed by atoms with E-state index in [2.05, 4.69) is 27.3 Å². The molecule has 2 aromatic heterocycles. The quantitative estimate of drug-likeness (QED) is 0.570. The summed E-state index contributed by atoms with van der Waals surface area (Å²) in [6.07, 6.45) is 1.50. The van der Waals surface area contributed by atoms with E-state index in [9.17, 15) is 9.59 Å². The molecule has 0 saturated carbocycles. The number of benzene rings is 1. The predicted molar refractivity (Wildman–Crippen MR) is 129 cm³/mol. The molecule has 1 N–H and O–H groups in total. The maximum Gasteiger partial charge on any atom is 0.231 e. The number of carbonyl (C=O) groups excluding carboxylic acids is 2. The Morgan fingerprint density at radius 3 is 2.66 bits per heavy atom. The van der Waals surface area contributed by atoms with Crippen LogP contribution in [0.3, 0.4) is 0 Å². The normalized spacial score (nSPS) is 14.2. The molecule has 3 heterocycles. The number of anilines is 2. The van der Waals surface area contributed by atoms with Crippen LogP contribution in [0.4, 0.5) is 10.8 Å². The van der Waals surface area contributed by atoms with Crippen molar-refractivity contribution in [1.82, 2.24) is 9.88 Å². The molecule has 3 aromatic rings. The number of carbonyl (C=O) groups is 2. The van der Waals surface area contributed by atoms with Crippen molar-refractivity contribution in [3.63, 3.8) is 0 Å². The van der Waals surface area contributed by atoms with Gasteiger partial charge in [0.05, 0.1) is 25.6 Å². The molecule has 9 heteroatoms. The Kier molecular flexibility index (Phi) is 7.39. The summed E-state index contributed by atoms with van der Waals surface area (Å²) in [5.74, 6) is 0.819. The number of hydrogen-bond donors (Lipinski definition) is 1. The van der Waals surface area contributed by atoms with Crippen LogP contribution < -0.4 is 15.0 Å². The highest BCUT2D eigenvalue weighted by Crippen LogP contribution is 2.21. The zero-order valence-electron chi connectivity index (χ0n) is 18.0. The summed E-state index contributed by atoms with van der Waals surface area (Å²) in [4.78, 5) is 34.7. The largest absolute Gasteiger partial charge is 0.497 e. The van der Waals surface area contributed by atoms with Gasteiger partial charge in [-0.2, -0.15) is 0 Å². The number of rotatable bonds is 7. The lowest BCUT2D eigenvalue weighted by atomic mass is 10.2. The van der Waals surface area contributed by atoms with Gasteiger partial charge in [0.25, 0.3) is 0 Å². The molecule has 1 saturated heterocycles. The van der Waals surface area contributed by atoms with E-state index in [1.807, 2.05) is 39.9 Å². The summed E-state index contributed by atoms with van der Waals surface area (Å²) in [6.45, 7) is 3.12. The van der Waals surface area contributed by atoms with Gasteiger partial charge in [-0.15, -0.1) is 22.7 Å². The number of ether oxygens (including phenoxy) is 1. The average Bonchev–Trinajstić information content (AvgIpc) is 3.39. The molecule has 32 heavy (non-hydrogen) atoms. The van der Waals surface area contributed by atoms with Gasteiger partial charge in [0.15, 0.2) is 5.13 Å². The first-order chi connectivity index (χ1) is 15.6. The first-order valence-electron chi connectivity index (χ1n) is 10.5. The fourth-order valence-electron chi connectivity index (χ4n) is 3.67. The third-order valence-electron chi connectivity index (χ3n) is 5.33. The summed E-state index contributed by atoms with van der Waals surface area (Å²) in [5, 5.41) is 7.17. The number of amides is 2. The van der Waals surface area contributed by atoms with Crippen LogP contribution in [0.2, 0.25) is 0 Å². The van der Waals surface area contributed by atoms with Gasteiger partial charge in [0, 0.05) is 42.1 Å². The molecule has 1 aliphatic rings. The highest BCUT2D eigenvalue weighted by molar-refractivity contribution is 7.14. The first-order valence-corrected chi connectivity index (χ1v) is 12.3. The van der Waals surface area contributed by atoms with Gasteiger partial charge in [-0.3, -0.25) is 9.59 Å². The Balaban J connectivity index is 1.28. The topological polar surface area (TPSA) is 74.8 Å². The van der Waals surface area contributed by atoms with Crippen molar-refractivity contribution in [2.75, 3.05) is 43.5 Å². The van der Waals surface area contributed by atoms with Crippen LogP contribution in [0, 0.1) is 0 Å². The van der Waals surface area contributed by atoms with E-state index in [0.717, 1.165) is 42.4 Å². The van der Waals surface area contributed by atoms with Gasteiger partial charge >= 0.3 is 0 Å². The van der Waals surface area contributed by atoms with Crippen LogP contribution in [0.25, 0.3) is 0 Å². The summed E-state index contributed by atoms with van der Waals surface area (Å²) in [6, 6.07) is 11.9. The maximum absolute atomic E-state index is 12.9. The fraction of sp³-hybridized carbons (Fsp3) is 0.348. The van der Waals surface area contributed by atoms with E-state index in [-0.39, 0.29) is 18.2 Å². The Bertz CT molecular complexity index is 1030. The van der Waals surface area contributed by atoms with Crippen LogP contribution >= 0.6 is 22.7 Å². The Labute approximate surface area is 195 Å². The van der Waals surface area contributed by atoms with E-state index >= 15 is 0 Å². The minimum atomic E-state index is -0.0918. The standard InChI is InChI=1S/C23H26N4O3S2/c1-30-19-7-5-18(6-8-19)26-9-3-10-27(12-11-26)22(29)14-17-16-32-23(24-17)25-21(28)15-20-4-2-13-31-20/h2,4-8,13,16H,3,9-12,14-15H2,1H3,(H,24,25,28). The van der Waals surface area contributed by atoms with E-state index in [0.29, 0.717) is 23.8 Å². The smallest absolute Gasteiger partial charge is 0.231 e. The second kappa shape index (κ2) is 10.6. The maximum atomic E-state index is 12.9. The number of thiazole rings is 1. The highest BCUT2D eigenvalue weighted by atomic mass is 32.1. The molecule has 1 aromatic carbocycles. The van der Waals surface area contributed by atoms with E-state index < -0.39 is 0 Å². The van der Waals surface area contributed by atoms with Crippen molar-refractivity contribution in [3.05, 3.63) is 57.7 Å². The van der Waals surface area contributed by atoms with Crippen LogP contribution in [0.1, 0.15) is 17.0 Å². The first kappa shape index (κ1) is 22.3. The second-order valence-corrected chi connectivity index (χ2v) is 9.43. The lowest BCUT2D eigenvalue weighted by molar-refractivity contribution is -0.130. The van der Waals surface area contributed by atoms with Gasteiger partial charge < -0.3 is 19.9 Å². The summed E-state index contributed by atoms with van der Waals surface area (Å²) in [7, 11) is 1.66. The number of nitrogens with zero attached hydrogens (tertiary/aromatic N) is 3. The van der Waals surface area contributed by atoms with E-state index in [1.165, 1.54) is 11.3 Å². The van der Waals surface area contributed by atoms with Gasteiger partial charge in [-0.05, 0) is 42.1 Å². The lowest BCUT2D eigenvalue weighted by Crippen LogP contribution is -2.36. The second-order valence-electron chi connectivity index (χ2n) is 7.54. The molecule has 0 radical (unpaired) electrons. The van der Waals surface area contributed by atoms with Gasteiger partial charge in [0.1, 0.15) is 5.75 Å². The molecule has 0 atom stereocenters. The zero-order chi connectivity index (χ0) is 22.3. The minimum Gasteiger partial charge on any atom is -0.497 e. The summed E-state index contributed by atoms with van der Waals surface area (Å²) < 4.78 is 5.23. The van der Waals surface area contributed by atoms with Crippen molar-refractivity contribution in [3.8, 4) is 5.75 Å². The molecule has 168 valence electrons. The average molecular weight is 471 g/mol. The Hall–Kier alpha value is -2.91. The van der Waals surface area contributed by atoms with Crippen molar-refractivity contribution >= 4 is 45.3 Å². The third-order valence-corrected chi connectivity index (χ3v) is 7.01. The molecule has 7 nitrogen and oxygen atoms in total. The SMILES string of the molecule is COc1ccc(N2CCCN(C(=O)Cc3csc(NC(=O)Cc4cccs4)n3)CC2)cc1. The van der Waals surface area contributed by atoms with Crippen LogP contribution in [0.5, 0.6) is 5.75 Å². The number of hydrogen-bond acceptors (Lipinski definition) is 7. The van der Waals surface area contributed by atoms with Crippen molar-refractivity contribution in [2.24, 2.45) is 0 Å². The number of nitrogens with one attached hydrogen (secondary N) is 1. The molecule has 0 unspecified atom stereocenters. The Morgan fingerprint density at radius 1 is 1.06 bits per heavy atom. The summed E-state index contributed by atoms with van der Waals surface area (Å²) >= 11 is 2.91. The number of thiophene rings is 1. The highest BCUT2D eigenvalue weighted by Gasteiger charge is 2.20. The third kappa shape index (κ3) is 5.86. The number of aromatic nitrogens is 1. The molecule has 2 amide bonds. The van der Waals surface area contributed by atoms with Crippen LogP contribution in [-0.4, -0.2) is 55.0 Å². The van der Waals surface area contributed by atoms with Crippen molar-refractivity contribution < 1.29 is 14.3 Å². The summed E-state index contributed by atoms with van der Waals surface area (Å²) in [5.41, 5.74) is 1.84. The van der Waals surface area contributed by atoms with Crippen LogP contribution in [0.15, 0.2) is 47.2 Å². The monoisotopic (exact) mass is 470 g/mol. The molecule has 4 rings (SSSR count). The molecule has 0 bridgehead atoms. The van der Waals surface area contributed by atoms with Gasteiger partial charge in [0.2, 0.25) is 11.8 Å². The van der Waals surface area contributed by atoms with E-state index in [1.54, 1.807) is 18.4 Å². The van der Waals surface area contributed by atoms with E-state index in [4.69, 9.17) is 4.74 Å². The zero-order valence-corrected chi connectivity index (χ0v) is 19.6. The minimum absolute atomic E-state index is 0.0725. The van der Waals surface area contributed by atoms with Gasteiger partial charge in [-0.25, -0.2) is 4.98 Å². The molecular formula is C23H26N4O3S2. The van der Waals surface area contributed by atoms with Crippen molar-refractivity contribution in [2.45, 2.75) is 19.3 Å². The Morgan fingerprint density at radius 2 is 1.91 bits per heavy atom. The van der Waals surface area contributed by atoms with Crippen molar-refractivity contribution in [1.29, 1.82) is 0 Å². The molecule has 1 aliphatic heterocycles. The fourth-order valence-corrected chi connectivity index (χ4v) is 5.10. The van der Waals surface area contributed by atoms with Gasteiger partial charge in [-0.1, -0.05) is 6.07 Å². The molecule has 0 spiro atoms. The predicted octanol–water partition coefficient (Wildman–Crippen LogP) is 3.68. The van der Waals surface area contributed by atoms with Crippen LogP contribution in [-0.2, 0) is 22.4 Å². The lowest BCUT2D eigenvalue weighted by Gasteiger charge is -2.23. The molecule has 0 aliphatic carbocycles. The number of methoxy groups -OCH3 is 1.